The molecule has 1 heterocycles. The number of nitrogens with zero attached hydrogens (tertiary/aromatic N) is 2. The largest absolute Gasteiger partial charge is 0.399 e. The number of thiazole rings is 1. The summed E-state index contributed by atoms with van der Waals surface area (Å²) in [7, 11) is 0. The topological polar surface area (TPSA) is 42.2 Å². The van der Waals surface area contributed by atoms with Crippen LogP contribution in [-0.4, -0.2) is 11.5 Å². The van der Waals surface area contributed by atoms with Gasteiger partial charge >= 0.3 is 0 Å². The molecule has 0 bridgehead atoms. The lowest BCUT2D eigenvalue weighted by molar-refractivity contribution is 0.570. The summed E-state index contributed by atoms with van der Waals surface area (Å²) in [6.07, 6.45) is 0. The van der Waals surface area contributed by atoms with Crippen molar-refractivity contribution in [3.8, 4) is 0 Å². The lowest BCUT2D eigenvalue weighted by Gasteiger charge is -2.22. The van der Waals surface area contributed by atoms with Crippen LogP contribution in [0.4, 0.5) is 11.4 Å². The van der Waals surface area contributed by atoms with E-state index in [9.17, 15) is 0 Å². The summed E-state index contributed by atoms with van der Waals surface area (Å²) in [5.74, 6) is 0. The average molecular weight is 289 g/mol. The van der Waals surface area contributed by atoms with Crippen molar-refractivity contribution in [1.29, 1.82) is 0 Å². The first kappa shape index (κ1) is 14.9. The zero-order valence-electron chi connectivity index (χ0n) is 12.7. The van der Waals surface area contributed by atoms with Crippen molar-refractivity contribution < 1.29 is 0 Å². The quantitative estimate of drug-likeness (QED) is 0.863. The van der Waals surface area contributed by atoms with Crippen LogP contribution in [0.3, 0.4) is 0 Å². The summed E-state index contributed by atoms with van der Waals surface area (Å²) in [5, 5.41) is 3.33. The fourth-order valence-corrected chi connectivity index (χ4v) is 3.00. The molecule has 1 aromatic heterocycles. The molecule has 0 aliphatic carbocycles. The first-order chi connectivity index (χ1) is 9.40. The van der Waals surface area contributed by atoms with E-state index in [0.29, 0.717) is 0 Å². The van der Waals surface area contributed by atoms with Crippen LogP contribution in [0.25, 0.3) is 0 Å². The Morgan fingerprint density at radius 3 is 2.35 bits per heavy atom. The van der Waals surface area contributed by atoms with E-state index in [2.05, 4.69) is 50.1 Å². The Kier molecular flexibility index (Phi) is 4.33. The number of rotatable bonds is 4. The molecule has 2 N–H and O–H groups in total. The van der Waals surface area contributed by atoms with Crippen molar-refractivity contribution in [3.05, 3.63) is 40.3 Å². The number of nitrogen functional groups attached to an aromatic ring is 1. The molecule has 0 aliphatic heterocycles. The van der Waals surface area contributed by atoms with Crippen LogP contribution < -0.4 is 10.6 Å². The Hall–Kier alpha value is -1.55. The summed E-state index contributed by atoms with van der Waals surface area (Å²) >= 11 is 1.74. The number of benzene rings is 1. The standard InChI is InChI=1S/C16H23N3S/c1-5-19(13-8-6-12(17)7-9-13)10-15-18-14(11-20-15)16(2,3)4/h6-9,11H,5,10,17H2,1-4H3. The molecule has 4 heteroatoms. The van der Waals surface area contributed by atoms with E-state index in [4.69, 9.17) is 10.7 Å². The van der Waals surface area contributed by atoms with Crippen molar-refractivity contribution >= 4 is 22.7 Å². The van der Waals surface area contributed by atoms with Crippen molar-refractivity contribution in [2.24, 2.45) is 0 Å². The molecule has 0 radical (unpaired) electrons. The monoisotopic (exact) mass is 289 g/mol. The molecule has 0 spiro atoms. The highest BCUT2D eigenvalue weighted by atomic mass is 32.1. The minimum Gasteiger partial charge on any atom is -0.399 e. The lowest BCUT2D eigenvalue weighted by atomic mass is 9.93. The maximum Gasteiger partial charge on any atom is 0.112 e. The predicted molar refractivity (Wildman–Crippen MR) is 88.4 cm³/mol. The summed E-state index contributed by atoms with van der Waals surface area (Å²) in [6, 6.07) is 8.02. The van der Waals surface area contributed by atoms with Crippen LogP contribution in [0, 0.1) is 0 Å². The smallest absolute Gasteiger partial charge is 0.112 e. The second kappa shape index (κ2) is 5.83. The van der Waals surface area contributed by atoms with Gasteiger partial charge in [0.2, 0.25) is 0 Å². The maximum atomic E-state index is 5.74. The number of aromatic nitrogens is 1. The molecular formula is C16H23N3S. The Bertz CT molecular complexity index is 552. The molecule has 0 atom stereocenters. The molecule has 0 saturated carbocycles. The third-order valence-electron chi connectivity index (χ3n) is 3.29. The van der Waals surface area contributed by atoms with E-state index in [1.54, 1.807) is 11.3 Å². The van der Waals surface area contributed by atoms with Gasteiger partial charge in [-0.3, -0.25) is 0 Å². The van der Waals surface area contributed by atoms with E-state index in [-0.39, 0.29) is 5.41 Å². The van der Waals surface area contributed by atoms with Crippen molar-refractivity contribution in [1.82, 2.24) is 4.98 Å². The molecule has 2 rings (SSSR count). The van der Waals surface area contributed by atoms with Gasteiger partial charge in [0.05, 0.1) is 12.2 Å². The molecule has 2 aromatic rings. The lowest BCUT2D eigenvalue weighted by Crippen LogP contribution is -2.22. The molecule has 0 amide bonds. The average Bonchev–Trinajstić information content (AvgIpc) is 2.85. The summed E-state index contributed by atoms with van der Waals surface area (Å²) in [4.78, 5) is 7.07. The van der Waals surface area contributed by atoms with E-state index in [1.165, 1.54) is 11.4 Å². The zero-order valence-corrected chi connectivity index (χ0v) is 13.5. The Morgan fingerprint density at radius 1 is 1.20 bits per heavy atom. The fourth-order valence-electron chi connectivity index (χ4n) is 1.96. The third kappa shape index (κ3) is 3.51. The second-order valence-corrected chi connectivity index (χ2v) is 6.92. The zero-order chi connectivity index (χ0) is 14.8. The molecule has 1 aromatic carbocycles. The highest BCUT2D eigenvalue weighted by molar-refractivity contribution is 7.09. The SMILES string of the molecule is CCN(Cc1nc(C(C)(C)C)cs1)c1ccc(N)cc1. The van der Waals surface area contributed by atoms with Gasteiger partial charge < -0.3 is 10.6 Å². The minimum absolute atomic E-state index is 0.118. The van der Waals surface area contributed by atoms with Crippen LogP contribution in [-0.2, 0) is 12.0 Å². The molecule has 20 heavy (non-hydrogen) atoms. The highest BCUT2D eigenvalue weighted by Gasteiger charge is 2.18. The van der Waals surface area contributed by atoms with Crippen molar-refractivity contribution in [2.45, 2.75) is 39.7 Å². The summed E-state index contributed by atoms with van der Waals surface area (Å²) in [5.41, 5.74) is 9.02. The van der Waals surface area contributed by atoms with Gasteiger partial charge in [-0.1, -0.05) is 20.8 Å². The summed E-state index contributed by atoms with van der Waals surface area (Å²) < 4.78 is 0. The minimum atomic E-state index is 0.118. The molecule has 0 saturated heterocycles. The van der Waals surface area contributed by atoms with Crippen molar-refractivity contribution in [3.63, 3.8) is 0 Å². The van der Waals surface area contributed by atoms with Crippen molar-refractivity contribution in [2.75, 3.05) is 17.2 Å². The Labute approximate surface area is 125 Å². The van der Waals surface area contributed by atoms with Gasteiger partial charge in [0.25, 0.3) is 0 Å². The van der Waals surface area contributed by atoms with Crippen LogP contribution in [0.15, 0.2) is 29.6 Å². The van der Waals surface area contributed by atoms with Gasteiger partial charge in [0, 0.05) is 28.7 Å². The van der Waals surface area contributed by atoms with E-state index < -0.39 is 0 Å². The number of nitrogens with two attached hydrogens (primary N) is 1. The second-order valence-electron chi connectivity index (χ2n) is 5.98. The Morgan fingerprint density at radius 2 is 1.85 bits per heavy atom. The molecule has 108 valence electrons. The molecule has 0 unspecified atom stereocenters. The number of anilines is 2. The number of hydrogen-bond acceptors (Lipinski definition) is 4. The third-order valence-corrected chi connectivity index (χ3v) is 4.12. The molecular weight excluding hydrogens is 266 g/mol. The Balaban J connectivity index is 2.14. The summed E-state index contributed by atoms with van der Waals surface area (Å²) in [6.45, 7) is 10.6. The molecule has 0 fully saturated rings. The van der Waals surface area contributed by atoms with E-state index >= 15 is 0 Å². The van der Waals surface area contributed by atoms with E-state index in [0.717, 1.165) is 23.8 Å². The fraction of sp³-hybridized carbons (Fsp3) is 0.438. The van der Waals surface area contributed by atoms with Gasteiger partial charge in [-0.25, -0.2) is 4.98 Å². The van der Waals surface area contributed by atoms with Crippen LogP contribution in [0.2, 0.25) is 0 Å². The van der Waals surface area contributed by atoms with Gasteiger partial charge in [-0.15, -0.1) is 11.3 Å². The molecule has 0 aliphatic rings. The van der Waals surface area contributed by atoms with E-state index in [1.807, 2.05) is 12.1 Å². The maximum absolute atomic E-state index is 5.74. The van der Waals surface area contributed by atoms with Crippen LogP contribution >= 0.6 is 11.3 Å². The normalized spacial score (nSPS) is 11.6. The molecule has 3 nitrogen and oxygen atoms in total. The predicted octanol–water partition coefficient (Wildman–Crippen LogP) is 4.05. The number of hydrogen-bond donors (Lipinski definition) is 1. The van der Waals surface area contributed by atoms with Crippen LogP contribution in [0.5, 0.6) is 0 Å². The highest BCUT2D eigenvalue weighted by Crippen LogP contribution is 2.26. The van der Waals surface area contributed by atoms with Gasteiger partial charge in [-0.2, -0.15) is 0 Å². The van der Waals surface area contributed by atoms with Gasteiger partial charge in [0.15, 0.2) is 0 Å². The first-order valence-corrected chi connectivity index (χ1v) is 7.83. The van der Waals surface area contributed by atoms with Crippen LogP contribution in [0.1, 0.15) is 38.4 Å². The van der Waals surface area contributed by atoms with Gasteiger partial charge in [0.1, 0.15) is 5.01 Å². The van der Waals surface area contributed by atoms with Gasteiger partial charge in [-0.05, 0) is 31.2 Å². The first-order valence-electron chi connectivity index (χ1n) is 6.95.